The molecule has 6 nitrogen and oxygen atoms in total. The molecule has 0 saturated heterocycles. The molecule has 2 aromatic rings. The van der Waals surface area contributed by atoms with Crippen LogP contribution in [0.2, 0.25) is 0 Å². The van der Waals surface area contributed by atoms with Gasteiger partial charge >= 0.3 is 5.97 Å². The minimum atomic E-state index is -0.596. The van der Waals surface area contributed by atoms with Crippen LogP contribution in [0.4, 0.5) is 5.69 Å². The lowest BCUT2D eigenvalue weighted by Gasteiger charge is -2.28. The van der Waals surface area contributed by atoms with E-state index in [1.165, 1.54) is 0 Å². The predicted octanol–water partition coefficient (Wildman–Crippen LogP) is 3.87. The maximum Gasteiger partial charge on any atom is 0.338 e. The highest BCUT2D eigenvalue weighted by atomic mass is 16.5. The van der Waals surface area contributed by atoms with Gasteiger partial charge in [-0.25, -0.2) is 4.79 Å². The molecule has 0 aliphatic carbocycles. The third-order valence-electron chi connectivity index (χ3n) is 4.86. The molecule has 6 heteroatoms. The molecular formula is C23H26N2O4. The van der Waals surface area contributed by atoms with Crippen molar-refractivity contribution in [3.8, 4) is 0 Å². The number of benzene rings is 2. The molecule has 0 unspecified atom stereocenters. The molecule has 29 heavy (non-hydrogen) atoms. The number of anilines is 1. The second-order valence-corrected chi connectivity index (χ2v) is 7.53. The van der Waals surface area contributed by atoms with Crippen molar-refractivity contribution in [1.29, 1.82) is 0 Å². The SMILES string of the molecule is CCOC(=O)c1cccc(NC(=O)[C@H](CC(C)C)N2Cc3ccccc3C2=O)c1. The molecule has 0 spiro atoms. The van der Waals surface area contributed by atoms with Gasteiger partial charge in [0.1, 0.15) is 6.04 Å². The largest absolute Gasteiger partial charge is 0.462 e. The summed E-state index contributed by atoms with van der Waals surface area (Å²) in [6.45, 7) is 6.49. The van der Waals surface area contributed by atoms with E-state index in [1.54, 1.807) is 42.2 Å². The highest BCUT2D eigenvalue weighted by Crippen LogP contribution is 2.27. The van der Waals surface area contributed by atoms with E-state index in [-0.39, 0.29) is 24.3 Å². The number of hydrogen-bond acceptors (Lipinski definition) is 4. The molecule has 2 aromatic carbocycles. The van der Waals surface area contributed by atoms with Gasteiger partial charge in [0.05, 0.1) is 12.2 Å². The lowest BCUT2D eigenvalue weighted by atomic mass is 10.0. The van der Waals surface area contributed by atoms with Crippen LogP contribution in [0.5, 0.6) is 0 Å². The van der Waals surface area contributed by atoms with Crippen LogP contribution in [-0.2, 0) is 16.1 Å². The molecule has 152 valence electrons. The van der Waals surface area contributed by atoms with Gasteiger partial charge in [-0.3, -0.25) is 9.59 Å². The van der Waals surface area contributed by atoms with Crippen molar-refractivity contribution in [3.63, 3.8) is 0 Å². The predicted molar refractivity (Wildman–Crippen MR) is 111 cm³/mol. The van der Waals surface area contributed by atoms with Crippen LogP contribution in [0.25, 0.3) is 0 Å². The zero-order chi connectivity index (χ0) is 21.0. The van der Waals surface area contributed by atoms with E-state index in [4.69, 9.17) is 4.74 Å². The lowest BCUT2D eigenvalue weighted by Crippen LogP contribution is -2.45. The Labute approximate surface area is 170 Å². The van der Waals surface area contributed by atoms with Gasteiger partial charge < -0.3 is 15.0 Å². The number of fused-ring (bicyclic) bond motifs is 1. The Hall–Kier alpha value is -3.15. The lowest BCUT2D eigenvalue weighted by molar-refractivity contribution is -0.121. The molecule has 0 bridgehead atoms. The first kappa shape index (κ1) is 20.6. The highest BCUT2D eigenvalue weighted by Gasteiger charge is 2.36. The number of carbonyl (C=O) groups excluding carboxylic acids is 3. The van der Waals surface area contributed by atoms with E-state index < -0.39 is 12.0 Å². The second kappa shape index (κ2) is 8.90. The molecule has 1 N–H and O–H groups in total. The number of nitrogens with one attached hydrogen (secondary N) is 1. The van der Waals surface area contributed by atoms with Crippen LogP contribution in [0.15, 0.2) is 48.5 Å². The Morgan fingerprint density at radius 3 is 2.59 bits per heavy atom. The van der Waals surface area contributed by atoms with Crippen molar-refractivity contribution in [3.05, 3.63) is 65.2 Å². The fourth-order valence-corrected chi connectivity index (χ4v) is 3.51. The standard InChI is InChI=1S/C23H26N2O4/c1-4-29-23(28)16-9-7-10-18(13-16)24-21(26)20(12-15(2)3)25-14-17-8-5-6-11-19(17)22(25)27/h5-11,13,15,20H,4,12,14H2,1-3H3,(H,24,26)/t20-/m0/s1. The number of nitrogens with zero attached hydrogens (tertiary/aromatic N) is 1. The van der Waals surface area contributed by atoms with Crippen molar-refractivity contribution in [2.24, 2.45) is 5.92 Å². The zero-order valence-corrected chi connectivity index (χ0v) is 17.0. The smallest absolute Gasteiger partial charge is 0.338 e. The zero-order valence-electron chi connectivity index (χ0n) is 17.0. The quantitative estimate of drug-likeness (QED) is 0.724. The Bertz CT molecular complexity index is 923. The summed E-state index contributed by atoms with van der Waals surface area (Å²) in [6, 6.07) is 13.5. The number of hydrogen-bond donors (Lipinski definition) is 1. The van der Waals surface area contributed by atoms with Crippen LogP contribution >= 0.6 is 0 Å². The fourth-order valence-electron chi connectivity index (χ4n) is 3.51. The van der Waals surface area contributed by atoms with Gasteiger partial charge in [-0.15, -0.1) is 0 Å². The highest BCUT2D eigenvalue weighted by molar-refractivity contribution is 6.04. The van der Waals surface area contributed by atoms with E-state index in [1.807, 2.05) is 32.0 Å². The van der Waals surface area contributed by atoms with E-state index >= 15 is 0 Å². The molecule has 1 aliphatic rings. The number of amides is 2. The summed E-state index contributed by atoms with van der Waals surface area (Å²) in [5, 5.41) is 2.87. The first-order chi connectivity index (χ1) is 13.9. The first-order valence-corrected chi connectivity index (χ1v) is 9.87. The van der Waals surface area contributed by atoms with E-state index in [2.05, 4.69) is 5.32 Å². The molecule has 0 saturated carbocycles. The van der Waals surface area contributed by atoms with Crippen molar-refractivity contribution in [2.45, 2.75) is 39.8 Å². The molecule has 2 amide bonds. The molecule has 1 heterocycles. The summed E-state index contributed by atoms with van der Waals surface area (Å²) >= 11 is 0. The van der Waals surface area contributed by atoms with Gasteiger partial charge in [0, 0.05) is 17.8 Å². The minimum Gasteiger partial charge on any atom is -0.462 e. The van der Waals surface area contributed by atoms with Crippen molar-refractivity contribution < 1.29 is 19.1 Å². The van der Waals surface area contributed by atoms with E-state index in [0.717, 1.165) is 5.56 Å². The summed E-state index contributed by atoms with van der Waals surface area (Å²) < 4.78 is 5.01. The molecular weight excluding hydrogens is 368 g/mol. The third-order valence-corrected chi connectivity index (χ3v) is 4.86. The minimum absolute atomic E-state index is 0.123. The van der Waals surface area contributed by atoms with Crippen molar-refractivity contribution in [2.75, 3.05) is 11.9 Å². The third kappa shape index (κ3) is 4.65. The van der Waals surface area contributed by atoms with Crippen LogP contribution < -0.4 is 5.32 Å². The van der Waals surface area contributed by atoms with Crippen LogP contribution in [0, 0.1) is 5.92 Å². The maximum atomic E-state index is 13.1. The number of ether oxygens (including phenoxy) is 1. The molecule has 0 fully saturated rings. The number of esters is 1. The van der Waals surface area contributed by atoms with Crippen molar-refractivity contribution in [1.82, 2.24) is 4.90 Å². The van der Waals surface area contributed by atoms with Crippen molar-refractivity contribution >= 4 is 23.5 Å². The number of rotatable bonds is 7. The molecule has 1 aliphatic heterocycles. The van der Waals surface area contributed by atoms with Gasteiger partial charge in [0.25, 0.3) is 5.91 Å². The number of carbonyl (C=O) groups is 3. The van der Waals surface area contributed by atoms with Crippen LogP contribution in [-0.4, -0.2) is 35.3 Å². The summed E-state index contributed by atoms with van der Waals surface area (Å²) in [5.74, 6) is -0.594. The van der Waals surface area contributed by atoms with E-state index in [0.29, 0.717) is 29.8 Å². The second-order valence-electron chi connectivity index (χ2n) is 7.53. The average molecular weight is 394 g/mol. The Balaban J connectivity index is 1.80. The summed E-state index contributed by atoms with van der Waals surface area (Å²) in [6.07, 6.45) is 0.545. The summed E-state index contributed by atoms with van der Waals surface area (Å²) in [7, 11) is 0. The molecule has 3 rings (SSSR count). The van der Waals surface area contributed by atoms with Gasteiger partial charge in [-0.05, 0) is 49.1 Å². The van der Waals surface area contributed by atoms with Gasteiger partial charge in [-0.1, -0.05) is 38.1 Å². The summed E-state index contributed by atoms with van der Waals surface area (Å²) in [4.78, 5) is 39.6. The van der Waals surface area contributed by atoms with Gasteiger partial charge in [-0.2, -0.15) is 0 Å². The topological polar surface area (TPSA) is 75.7 Å². The van der Waals surface area contributed by atoms with Crippen LogP contribution in [0.3, 0.4) is 0 Å². The van der Waals surface area contributed by atoms with E-state index in [9.17, 15) is 14.4 Å². The average Bonchev–Trinajstić information content (AvgIpc) is 3.03. The molecule has 1 atom stereocenters. The fraction of sp³-hybridized carbons (Fsp3) is 0.348. The summed E-state index contributed by atoms with van der Waals surface area (Å²) in [5.41, 5.74) is 2.45. The van der Waals surface area contributed by atoms with Gasteiger partial charge in [0.2, 0.25) is 5.91 Å². The monoisotopic (exact) mass is 394 g/mol. The molecule has 0 aromatic heterocycles. The first-order valence-electron chi connectivity index (χ1n) is 9.87. The van der Waals surface area contributed by atoms with Gasteiger partial charge in [0.15, 0.2) is 0 Å². The Morgan fingerprint density at radius 1 is 1.14 bits per heavy atom. The Morgan fingerprint density at radius 2 is 1.90 bits per heavy atom. The Kier molecular flexibility index (Phi) is 6.32. The molecule has 0 radical (unpaired) electrons. The van der Waals surface area contributed by atoms with Crippen LogP contribution in [0.1, 0.15) is 53.5 Å². The normalized spacial score (nSPS) is 13.9. The maximum absolute atomic E-state index is 13.1.